The highest BCUT2D eigenvalue weighted by molar-refractivity contribution is 9.11. The zero-order valence-electron chi connectivity index (χ0n) is 9.42. The lowest BCUT2D eigenvalue weighted by Gasteiger charge is -2.13. The molecule has 0 amide bonds. The summed E-state index contributed by atoms with van der Waals surface area (Å²) in [6.07, 6.45) is 2.69. The van der Waals surface area contributed by atoms with E-state index in [0.717, 1.165) is 30.3 Å². The topological polar surface area (TPSA) is 49.3 Å². The summed E-state index contributed by atoms with van der Waals surface area (Å²) in [5.74, 6) is -0.937. The molecule has 0 bridgehead atoms. The fourth-order valence-electron chi connectivity index (χ4n) is 1.24. The van der Waals surface area contributed by atoms with Crippen LogP contribution in [0.25, 0.3) is 0 Å². The molecule has 0 fully saturated rings. The molecule has 0 aromatic carbocycles. The minimum Gasteiger partial charge on any atom is -0.481 e. The molecule has 3 nitrogen and oxygen atoms in total. The van der Waals surface area contributed by atoms with E-state index >= 15 is 0 Å². The number of aliphatic carboxylic acids is 1. The summed E-state index contributed by atoms with van der Waals surface area (Å²) >= 11 is 3.28. The minimum atomic E-state index is -0.704. The Kier molecular flexibility index (Phi) is 7.70. The lowest BCUT2D eigenvalue weighted by atomic mass is 10.0. The van der Waals surface area contributed by atoms with Crippen molar-refractivity contribution < 1.29 is 9.90 Å². The third-order valence-electron chi connectivity index (χ3n) is 2.34. The SMILES string of the molecule is C=C(Br)CNC(C)CCCC(C)C(=O)O. The number of carboxylic acid groups (broad SMARTS) is 1. The molecule has 0 aliphatic carbocycles. The summed E-state index contributed by atoms with van der Waals surface area (Å²) in [4.78, 5) is 10.6. The Morgan fingerprint density at radius 3 is 2.53 bits per heavy atom. The first-order valence-corrected chi connectivity index (χ1v) is 6.02. The molecule has 0 saturated heterocycles. The summed E-state index contributed by atoms with van der Waals surface area (Å²) < 4.78 is 0.938. The molecule has 4 heteroatoms. The van der Waals surface area contributed by atoms with Crippen LogP contribution in [0.4, 0.5) is 0 Å². The Labute approximate surface area is 100 Å². The Morgan fingerprint density at radius 2 is 2.07 bits per heavy atom. The first-order chi connectivity index (χ1) is 6.93. The van der Waals surface area contributed by atoms with Gasteiger partial charge in [-0.2, -0.15) is 0 Å². The molecule has 2 N–H and O–H groups in total. The summed E-state index contributed by atoms with van der Waals surface area (Å²) in [5, 5.41) is 12.0. The molecule has 0 aliphatic rings. The molecule has 0 heterocycles. The van der Waals surface area contributed by atoms with Gasteiger partial charge < -0.3 is 10.4 Å². The van der Waals surface area contributed by atoms with Crippen LogP contribution in [0.5, 0.6) is 0 Å². The number of carbonyl (C=O) groups is 1. The lowest BCUT2D eigenvalue weighted by molar-refractivity contribution is -0.141. The average Bonchev–Trinajstić information content (AvgIpc) is 2.14. The maximum atomic E-state index is 10.6. The predicted octanol–water partition coefficient (Wildman–Crippen LogP) is 2.76. The molecular formula is C11H20BrNO2. The van der Waals surface area contributed by atoms with Crippen molar-refractivity contribution >= 4 is 21.9 Å². The van der Waals surface area contributed by atoms with Gasteiger partial charge in [-0.05, 0) is 19.8 Å². The van der Waals surface area contributed by atoms with Crippen molar-refractivity contribution in [1.82, 2.24) is 5.32 Å². The summed E-state index contributed by atoms with van der Waals surface area (Å²) in [6, 6.07) is 0.403. The van der Waals surface area contributed by atoms with Crippen LogP contribution in [0, 0.1) is 5.92 Å². The van der Waals surface area contributed by atoms with Gasteiger partial charge in [-0.25, -0.2) is 0 Å². The molecule has 88 valence electrons. The van der Waals surface area contributed by atoms with Crippen molar-refractivity contribution in [2.75, 3.05) is 6.54 Å². The lowest BCUT2D eigenvalue weighted by Crippen LogP contribution is -2.27. The first kappa shape index (κ1) is 14.6. The maximum absolute atomic E-state index is 10.6. The Balaban J connectivity index is 3.50. The molecule has 0 aromatic rings. The first-order valence-electron chi connectivity index (χ1n) is 5.23. The van der Waals surface area contributed by atoms with E-state index in [9.17, 15) is 4.79 Å². The smallest absolute Gasteiger partial charge is 0.306 e. The van der Waals surface area contributed by atoms with Crippen LogP contribution in [0.2, 0.25) is 0 Å². The Bertz CT molecular complexity index is 219. The van der Waals surface area contributed by atoms with Crippen LogP contribution in [-0.4, -0.2) is 23.7 Å². The van der Waals surface area contributed by atoms with E-state index in [4.69, 9.17) is 5.11 Å². The Hall–Kier alpha value is -0.350. The molecule has 0 radical (unpaired) electrons. The van der Waals surface area contributed by atoms with E-state index in [0.29, 0.717) is 6.04 Å². The second-order valence-corrected chi connectivity index (χ2v) is 5.09. The van der Waals surface area contributed by atoms with Crippen LogP contribution in [0.3, 0.4) is 0 Å². The van der Waals surface area contributed by atoms with Gasteiger partial charge in [0.15, 0.2) is 0 Å². The number of nitrogens with one attached hydrogen (secondary N) is 1. The van der Waals surface area contributed by atoms with E-state index in [1.165, 1.54) is 0 Å². The van der Waals surface area contributed by atoms with E-state index in [2.05, 4.69) is 34.7 Å². The van der Waals surface area contributed by atoms with Gasteiger partial charge in [-0.3, -0.25) is 4.79 Å². The monoisotopic (exact) mass is 277 g/mol. The fraction of sp³-hybridized carbons (Fsp3) is 0.727. The second kappa shape index (κ2) is 7.88. The van der Waals surface area contributed by atoms with Crippen molar-refractivity contribution in [2.45, 2.75) is 39.2 Å². The zero-order valence-corrected chi connectivity index (χ0v) is 11.0. The van der Waals surface area contributed by atoms with Gasteiger partial charge in [0.1, 0.15) is 0 Å². The number of carboxylic acids is 1. The van der Waals surface area contributed by atoms with Gasteiger partial charge >= 0.3 is 5.97 Å². The highest BCUT2D eigenvalue weighted by atomic mass is 79.9. The standard InChI is InChI=1S/C11H20BrNO2/c1-8(11(14)15)5-4-6-10(3)13-7-9(2)12/h8,10,13H,2,4-7H2,1,3H3,(H,14,15). The normalized spacial score (nSPS) is 14.6. The number of hydrogen-bond acceptors (Lipinski definition) is 2. The summed E-state index contributed by atoms with van der Waals surface area (Å²) in [6.45, 7) is 8.34. The zero-order chi connectivity index (χ0) is 11.8. The van der Waals surface area contributed by atoms with Crippen LogP contribution < -0.4 is 5.32 Å². The minimum absolute atomic E-state index is 0.233. The van der Waals surface area contributed by atoms with Gasteiger partial charge in [-0.15, -0.1) is 0 Å². The van der Waals surface area contributed by atoms with Gasteiger partial charge in [0.2, 0.25) is 0 Å². The highest BCUT2D eigenvalue weighted by Crippen LogP contribution is 2.10. The molecule has 2 atom stereocenters. The van der Waals surface area contributed by atoms with E-state index in [1.54, 1.807) is 6.92 Å². The number of hydrogen-bond donors (Lipinski definition) is 2. The molecule has 0 rings (SSSR count). The molecular weight excluding hydrogens is 258 g/mol. The molecule has 0 saturated carbocycles. The van der Waals surface area contributed by atoms with Crippen molar-refractivity contribution in [2.24, 2.45) is 5.92 Å². The summed E-state index contributed by atoms with van der Waals surface area (Å²) in [7, 11) is 0. The van der Waals surface area contributed by atoms with Gasteiger partial charge in [-0.1, -0.05) is 35.9 Å². The molecule has 15 heavy (non-hydrogen) atoms. The molecule has 0 aromatic heterocycles. The molecule has 0 aliphatic heterocycles. The molecule has 0 spiro atoms. The van der Waals surface area contributed by atoms with E-state index < -0.39 is 5.97 Å². The van der Waals surface area contributed by atoms with Gasteiger partial charge in [0.25, 0.3) is 0 Å². The number of rotatable bonds is 8. The Morgan fingerprint density at radius 1 is 1.47 bits per heavy atom. The van der Waals surface area contributed by atoms with Gasteiger partial charge in [0.05, 0.1) is 5.92 Å². The maximum Gasteiger partial charge on any atom is 0.306 e. The average molecular weight is 278 g/mol. The summed E-state index contributed by atoms with van der Waals surface area (Å²) in [5.41, 5.74) is 0. The van der Waals surface area contributed by atoms with Gasteiger partial charge in [0, 0.05) is 17.1 Å². The molecule has 2 unspecified atom stereocenters. The van der Waals surface area contributed by atoms with Crippen molar-refractivity contribution in [3.05, 3.63) is 11.1 Å². The number of halogens is 1. The predicted molar refractivity (Wildman–Crippen MR) is 66.2 cm³/mol. The third kappa shape index (κ3) is 8.63. The largest absolute Gasteiger partial charge is 0.481 e. The van der Waals surface area contributed by atoms with Crippen molar-refractivity contribution in [3.63, 3.8) is 0 Å². The van der Waals surface area contributed by atoms with Crippen LogP contribution >= 0.6 is 15.9 Å². The van der Waals surface area contributed by atoms with Crippen LogP contribution in [0.15, 0.2) is 11.1 Å². The van der Waals surface area contributed by atoms with Crippen molar-refractivity contribution in [3.8, 4) is 0 Å². The third-order valence-corrected chi connectivity index (χ3v) is 2.62. The van der Waals surface area contributed by atoms with Crippen LogP contribution in [0.1, 0.15) is 33.1 Å². The second-order valence-electron chi connectivity index (χ2n) is 3.97. The van der Waals surface area contributed by atoms with Crippen molar-refractivity contribution in [1.29, 1.82) is 0 Å². The van der Waals surface area contributed by atoms with Crippen LogP contribution in [-0.2, 0) is 4.79 Å². The highest BCUT2D eigenvalue weighted by Gasteiger charge is 2.10. The van der Waals surface area contributed by atoms with E-state index in [-0.39, 0.29) is 5.92 Å². The quantitative estimate of drug-likeness (QED) is 0.717. The van der Waals surface area contributed by atoms with E-state index in [1.807, 2.05) is 0 Å². The fourth-order valence-corrected chi connectivity index (χ4v) is 1.40.